The molecule has 0 radical (unpaired) electrons. The lowest BCUT2D eigenvalue weighted by atomic mass is 9.76. The van der Waals surface area contributed by atoms with E-state index in [0.29, 0.717) is 19.4 Å². The number of nitrogens with one attached hydrogen (secondary N) is 1. The van der Waals surface area contributed by atoms with E-state index in [0.717, 1.165) is 12.8 Å². The normalized spacial score (nSPS) is 14.8. The Morgan fingerprint density at radius 3 is 2.11 bits per heavy atom. The molecule has 1 unspecified atom stereocenters. The van der Waals surface area contributed by atoms with Crippen molar-refractivity contribution in [2.75, 3.05) is 6.54 Å². The zero-order valence-electron chi connectivity index (χ0n) is 13.1. The molecule has 0 aliphatic rings. The van der Waals surface area contributed by atoms with Crippen LogP contribution in [0.25, 0.3) is 0 Å². The topological polar surface area (TPSA) is 72.2 Å². The number of amides is 2. The number of primary amides is 1. The molecule has 0 aliphatic carbocycles. The van der Waals surface area contributed by atoms with E-state index in [2.05, 4.69) is 33.0 Å². The van der Waals surface area contributed by atoms with Gasteiger partial charge >= 0.3 is 0 Å². The zero-order chi connectivity index (χ0) is 15.1. The Morgan fingerprint density at radius 2 is 1.74 bits per heavy atom. The van der Waals surface area contributed by atoms with Crippen LogP contribution < -0.4 is 11.1 Å². The highest BCUT2D eigenvalue weighted by molar-refractivity contribution is 5.86. The van der Waals surface area contributed by atoms with Gasteiger partial charge in [-0.1, -0.05) is 40.5 Å². The van der Waals surface area contributed by atoms with Crippen molar-refractivity contribution in [3.8, 4) is 0 Å². The summed E-state index contributed by atoms with van der Waals surface area (Å²) in [6.07, 6.45) is 3.30. The third-order valence-corrected chi connectivity index (χ3v) is 3.24. The molecule has 0 saturated carbocycles. The molecular formula is C15H30N2O2. The van der Waals surface area contributed by atoms with Gasteiger partial charge in [-0.25, -0.2) is 0 Å². The highest BCUT2D eigenvalue weighted by Crippen LogP contribution is 2.31. The quantitative estimate of drug-likeness (QED) is 0.711. The summed E-state index contributed by atoms with van der Waals surface area (Å²) >= 11 is 0. The van der Waals surface area contributed by atoms with Crippen LogP contribution in [0.3, 0.4) is 0 Å². The van der Waals surface area contributed by atoms with Crippen LogP contribution in [0, 0.1) is 17.3 Å². The fraction of sp³-hybridized carbons (Fsp3) is 0.867. The number of unbranched alkanes of at least 4 members (excludes halogenated alkanes) is 1. The van der Waals surface area contributed by atoms with Crippen LogP contribution in [0.1, 0.15) is 60.3 Å². The third-order valence-electron chi connectivity index (χ3n) is 3.24. The molecule has 0 heterocycles. The molecule has 0 saturated heterocycles. The van der Waals surface area contributed by atoms with E-state index in [4.69, 9.17) is 5.73 Å². The van der Waals surface area contributed by atoms with Crippen molar-refractivity contribution in [3.63, 3.8) is 0 Å². The summed E-state index contributed by atoms with van der Waals surface area (Å²) in [5.41, 5.74) is 5.51. The van der Waals surface area contributed by atoms with Crippen molar-refractivity contribution >= 4 is 11.8 Å². The summed E-state index contributed by atoms with van der Waals surface area (Å²) in [5.74, 6) is -1.07. The molecule has 2 atom stereocenters. The Morgan fingerprint density at radius 1 is 1.16 bits per heavy atom. The molecule has 0 aliphatic heterocycles. The van der Waals surface area contributed by atoms with Crippen molar-refractivity contribution in [2.24, 2.45) is 23.0 Å². The van der Waals surface area contributed by atoms with Gasteiger partial charge in [0.05, 0.1) is 0 Å². The Bertz CT molecular complexity index is 295. The number of hydrogen-bond donors (Lipinski definition) is 2. The minimum absolute atomic E-state index is 0.00430. The van der Waals surface area contributed by atoms with Crippen molar-refractivity contribution in [1.29, 1.82) is 0 Å². The average molecular weight is 270 g/mol. The summed E-state index contributed by atoms with van der Waals surface area (Å²) in [4.78, 5) is 23.9. The largest absolute Gasteiger partial charge is 0.369 e. The molecule has 0 aromatic heterocycles. The maximum atomic E-state index is 12.2. The first-order valence-electron chi connectivity index (χ1n) is 7.30. The van der Waals surface area contributed by atoms with Crippen LogP contribution in [0.5, 0.6) is 0 Å². The molecule has 19 heavy (non-hydrogen) atoms. The Kier molecular flexibility index (Phi) is 7.72. The average Bonchev–Trinajstić information content (AvgIpc) is 2.26. The lowest BCUT2D eigenvalue weighted by Gasteiger charge is -2.30. The van der Waals surface area contributed by atoms with Crippen LogP contribution >= 0.6 is 0 Å². The summed E-state index contributed by atoms with van der Waals surface area (Å²) in [6.45, 7) is 10.8. The second-order valence-electron chi connectivity index (χ2n) is 6.42. The Labute approximate surface area is 117 Å². The highest BCUT2D eigenvalue weighted by Gasteiger charge is 2.34. The first-order valence-corrected chi connectivity index (χ1v) is 7.30. The second-order valence-corrected chi connectivity index (χ2v) is 6.42. The molecule has 4 heteroatoms. The number of carbonyl (C=O) groups is 2. The van der Waals surface area contributed by atoms with Gasteiger partial charge in [0, 0.05) is 18.4 Å². The molecule has 0 spiro atoms. The summed E-state index contributed by atoms with van der Waals surface area (Å²) in [6, 6.07) is 0. The summed E-state index contributed by atoms with van der Waals surface area (Å²) < 4.78 is 0. The van der Waals surface area contributed by atoms with Crippen LogP contribution in [0.4, 0.5) is 0 Å². The summed E-state index contributed by atoms with van der Waals surface area (Å²) in [7, 11) is 0. The van der Waals surface area contributed by atoms with Gasteiger partial charge in [0.1, 0.15) is 0 Å². The minimum atomic E-state index is -0.356. The minimum Gasteiger partial charge on any atom is -0.369 e. The molecule has 2 amide bonds. The van der Waals surface area contributed by atoms with Gasteiger partial charge in [-0.05, 0) is 25.2 Å². The third kappa shape index (κ3) is 7.19. The van der Waals surface area contributed by atoms with Gasteiger partial charge in [0.15, 0.2) is 0 Å². The fourth-order valence-electron chi connectivity index (χ4n) is 2.35. The van der Waals surface area contributed by atoms with Gasteiger partial charge in [0.2, 0.25) is 11.8 Å². The van der Waals surface area contributed by atoms with E-state index >= 15 is 0 Å². The molecule has 4 nitrogen and oxygen atoms in total. The van der Waals surface area contributed by atoms with E-state index in [1.807, 2.05) is 6.92 Å². The standard InChI is InChI=1S/C15H30N2O2/c1-6-8-9-11(13(16)18)12(10-15(3,4)5)14(19)17-7-2/h11-12H,6-10H2,1-5H3,(H2,16,18)(H,17,19)/t11?,12-/m1/s1. The van der Waals surface area contributed by atoms with Gasteiger partial charge in [-0.15, -0.1) is 0 Å². The van der Waals surface area contributed by atoms with Crippen LogP contribution in [0.15, 0.2) is 0 Å². The smallest absolute Gasteiger partial charge is 0.223 e. The van der Waals surface area contributed by atoms with E-state index in [1.54, 1.807) is 0 Å². The molecule has 0 aromatic rings. The van der Waals surface area contributed by atoms with E-state index in [-0.39, 0.29) is 29.1 Å². The number of carbonyl (C=O) groups excluding carboxylic acids is 2. The molecule has 0 fully saturated rings. The van der Waals surface area contributed by atoms with Crippen molar-refractivity contribution in [3.05, 3.63) is 0 Å². The SMILES string of the molecule is CCCCC(C(N)=O)[C@@H](CC(C)(C)C)C(=O)NCC. The summed E-state index contributed by atoms with van der Waals surface area (Å²) in [5, 5.41) is 2.83. The van der Waals surface area contributed by atoms with Crippen LogP contribution in [-0.2, 0) is 9.59 Å². The predicted molar refractivity (Wildman–Crippen MR) is 78.5 cm³/mol. The monoisotopic (exact) mass is 270 g/mol. The van der Waals surface area contributed by atoms with Gasteiger partial charge < -0.3 is 11.1 Å². The van der Waals surface area contributed by atoms with Crippen LogP contribution in [-0.4, -0.2) is 18.4 Å². The lowest BCUT2D eigenvalue weighted by Crippen LogP contribution is -2.42. The Balaban J connectivity index is 5.03. The molecular weight excluding hydrogens is 240 g/mol. The molecule has 112 valence electrons. The molecule has 0 aromatic carbocycles. The molecule has 0 bridgehead atoms. The maximum absolute atomic E-state index is 12.2. The highest BCUT2D eigenvalue weighted by atomic mass is 16.2. The number of rotatable bonds is 8. The van der Waals surface area contributed by atoms with Crippen molar-refractivity contribution in [2.45, 2.75) is 60.3 Å². The van der Waals surface area contributed by atoms with E-state index < -0.39 is 0 Å². The first kappa shape index (κ1) is 17.9. The van der Waals surface area contributed by atoms with Gasteiger partial charge in [-0.2, -0.15) is 0 Å². The Hall–Kier alpha value is -1.06. The van der Waals surface area contributed by atoms with Gasteiger partial charge in [-0.3, -0.25) is 9.59 Å². The number of hydrogen-bond acceptors (Lipinski definition) is 2. The van der Waals surface area contributed by atoms with Crippen molar-refractivity contribution in [1.82, 2.24) is 5.32 Å². The molecule has 3 N–H and O–H groups in total. The maximum Gasteiger partial charge on any atom is 0.223 e. The zero-order valence-corrected chi connectivity index (χ0v) is 13.1. The predicted octanol–water partition coefficient (Wildman–Crippen LogP) is 2.47. The van der Waals surface area contributed by atoms with Crippen molar-refractivity contribution < 1.29 is 9.59 Å². The second kappa shape index (κ2) is 8.18. The van der Waals surface area contributed by atoms with Crippen LogP contribution in [0.2, 0.25) is 0 Å². The molecule has 0 rings (SSSR count). The van der Waals surface area contributed by atoms with Gasteiger partial charge in [0.25, 0.3) is 0 Å². The fourth-order valence-corrected chi connectivity index (χ4v) is 2.35. The van der Waals surface area contributed by atoms with E-state index in [1.165, 1.54) is 0 Å². The number of nitrogens with two attached hydrogens (primary N) is 1. The lowest BCUT2D eigenvalue weighted by molar-refractivity contribution is -0.134. The van der Waals surface area contributed by atoms with E-state index in [9.17, 15) is 9.59 Å². The first-order chi connectivity index (χ1) is 8.72.